The smallest absolute Gasteiger partial charge is 0.229 e. The second-order valence-electron chi connectivity index (χ2n) is 4.68. The van der Waals surface area contributed by atoms with Gasteiger partial charge in [0.2, 0.25) is 0 Å². The number of nitrogens with zero attached hydrogens (tertiary/aromatic N) is 1. The van der Waals surface area contributed by atoms with Gasteiger partial charge in [0.15, 0.2) is 9.84 Å². The molecule has 1 atom stereocenters. The fourth-order valence-electron chi connectivity index (χ4n) is 2.08. The van der Waals surface area contributed by atoms with Gasteiger partial charge >= 0.3 is 0 Å². The molecule has 108 valence electrons. The average Bonchev–Trinajstić information content (AvgIpc) is 2.98. The maximum Gasteiger partial charge on any atom is 0.252 e. The fraction of sp³-hybridized carbons (Fsp3) is 0.636. The molecule has 0 aliphatic carbocycles. The van der Waals surface area contributed by atoms with Gasteiger partial charge in [-0.25, -0.2) is 16.8 Å². The molecule has 0 saturated carbocycles. The van der Waals surface area contributed by atoms with Crippen LogP contribution in [-0.4, -0.2) is 45.7 Å². The van der Waals surface area contributed by atoms with Crippen molar-refractivity contribution >= 4 is 31.2 Å². The van der Waals surface area contributed by atoms with Crippen LogP contribution in [0.15, 0.2) is 16.3 Å². The number of sulfonamides is 1. The van der Waals surface area contributed by atoms with Crippen LogP contribution in [0.25, 0.3) is 0 Å². The van der Waals surface area contributed by atoms with E-state index in [1.807, 2.05) is 13.0 Å². The molecule has 0 aromatic carbocycles. The summed E-state index contributed by atoms with van der Waals surface area (Å²) in [5, 5.41) is -0.576. The lowest BCUT2D eigenvalue weighted by Crippen LogP contribution is -2.31. The first-order chi connectivity index (χ1) is 8.75. The van der Waals surface area contributed by atoms with Gasteiger partial charge in [0.25, 0.3) is 10.0 Å². The predicted molar refractivity (Wildman–Crippen MR) is 75.7 cm³/mol. The molecule has 1 aliphatic rings. The highest BCUT2D eigenvalue weighted by molar-refractivity contribution is 7.92. The van der Waals surface area contributed by atoms with Gasteiger partial charge < -0.3 is 0 Å². The van der Waals surface area contributed by atoms with Crippen molar-refractivity contribution in [1.29, 1.82) is 0 Å². The normalized spacial score (nSPS) is 21.9. The number of hydrogen-bond acceptors (Lipinski definition) is 5. The SMILES string of the molecule is CCc1ccc(S(=O)(=O)N2CCC(S(C)(=O)=O)C2)s1. The third-order valence-corrected chi connectivity index (χ3v) is 8.45. The van der Waals surface area contributed by atoms with Gasteiger partial charge in [-0.15, -0.1) is 11.3 Å². The maximum absolute atomic E-state index is 12.4. The highest BCUT2D eigenvalue weighted by Crippen LogP contribution is 2.28. The van der Waals surface area contributed by atoms with Crippen LogP contribution in [0.2, 0.25) is 0 Å². The Morgan fingerprint density at radius 2 is 2.00 bits per heavy atom. The minimum atomic E-state index is -3.53. The van der Waals surface area contributed by atoms with Crippen LogP contribution in [0.4, 0.5) is 0 Å². The molecule has 0 bridgehead atoms. The summed E-state index contributed by atoms with van der Waals surface area (Å²) < 4.78 is 49.3. The van der Waals surface area contributed by atoms with E-state index in [1.165, 1.54) is 15.6 Å². The predicted octanol–water partition coefficient (Wildman–Crippen LogP) is 1.12. The monoisotopic (exact) mass is 323 g/mol. The van der Waals surface area contributed by atoms with E-state index in [0.29, 0.717) is 10.6 Å². The van der Waals surface area contributed by atoms with Crippen molar-refractivity contribution in [2.45, 2.75) is 29.2 Å². The lowest BCUT2D eigenvalue weighted by Gasteiger charge is -2.14. The molecule has 2 rings (SSSR count). The number of rotatable bonds is 4. The Labute approximate surface area is 118 Å². The molecule has 1 unspecified atom stereocenters. The first-order valence-electron chi connectivity index (χ1n) is 6.03. The van der Waals surface area contributed by atoms with Gasteiger partial charge in [-0.2, -0.15) is 4.31 Å². The Morgan fingerprint density at radius 3 is 2.47 bits per heavy atom. The summed E-state index contributed by atoms with van der Waals surface area (Å²) in [6, 6.07) is 3.41. The highest BCUT2D eigenvalue weighted by Gasteiger charge is 2.37. The third-order valence-electron chi connectivity index (χ3n) is 3.29. The summed E-state index contributed by atoms with van der Waals surface area (Å²) in [6.45, 7) is 2.32. The van der Waals surface area contributed by atoms with Crippen molar-refractivity contribution in [2.75, 3.05) is 19.3 Å². The summed E-state index contributed by atoms with van der Waals surface area (Å²) in [5.74, 6) is 0. The maximum atomic E-state index is 12.4. The Balaban J connectivity index is 2.23. The van der Waals surface area contributed by atoms with Crippen molar-refractivity contribution in [3.8, 4) is 0 Å². The van der Waals surface area contributed by atoms with Crippen molar-refractivity contribution in [1.82, 2.24) is 4.31 Å². The molecular formula is C11H17NO4S3. The second-order valence-corrected chi connectivity index (χ2v) is 10.3. The van der Waals surface area contributed by atoms with Gasteiger partial charge in [0.1, 0.15) is 4.21 Å². The summed E-state index contributed by atoms with van der Waals surface area (Å²) in [4.78, 5) is 1.01. The standard InChI is InChI=1S/C11H17NO4S3/c1-3-9-4-5-11(17-9)19(15,16)12-7-6-10(8-12)18(2,13)14/h4-5,10H,3,6-8H2,1-2H3. The molecule has 19 heavy (non-hydrogen) atoms. The molecule has 1 aromatic heterocycles. The number of sulfone groups is 1. The zero-order valence-electron chi connectivity index (χ0n) is 10.9. The molecule has 0 radical (unpaired) electrons. The van der Waals surface area contributed by atoms with E-state index in [0.717, 1.165) is 17.6 Å². The minimum Gasteiger partial charge on any atom is -0.229 e. The molecule has 0 N–H and O–H groups in total. The molecule has 1 aliphatic heterocycles. The molecule has 1 saturated heterocycles. The third kappa shape index (κ3) is 3.01. The largest absolute Gasteiger partial charge is 0.252 e. The van der Waals surface area contributed by atoms with Crippen LogP contribution in [-0.2, 0) is 26.3 Å². The first-order valence-corrected chi connectivity index (χ1v) is 10.2. The summed E-state index contributed by atoms with van der Waals surface area (Å²) in [5.41, 5.74) is 0. The molecular weight excluding hydrogens is 306 g/mol. The van der Waals surface area contributed by atoms with E-state index < -0.39 is 25.1 Å². The Bertz CT molecular complexity index is 660. The van der Waals surface area contributed by atoms with E-state index in [2.05, 4.69) is 0 Å². The minimum absolute atomic E-state index is 0.0700. The molecule has 5 nitrogen and oxygen atoms in total. The number of aryl methyl sites for hydroxylation is 1. The van der Waals surface area contributed by atoms with E-state index in [4.69, 9.17) is 0 Å². The van der Waals surface area contributed by atoms with Gasteiger partial charge in [0, 0.05) is 24.2 Å². The number of thiophene rings is 1. The van der Waals surface area contributed by atoms with Crippen molar-refractivity contribution in [2.24, 2.45) is 0 Å². The van der Waals surface area contributed by atoms with Crippen LogP contribution in [0.3, 0.4) is 0 Å². The second kappa shape index (κ2) is 5.16. The number of hydrogen-bond donors (Lipinski definition) is 0. The topological polar surface area (TPSA) is 71.5 Å². The molecule has 1 fully saturated rings. The first kappa shape index (κ1) is 15.0. The van der Waals surface area contributed by atoms with Gasteiger partial charge in [-0.3, -0.25) is 0 Å². The van der Waals surface area contributed by atoms with Crippen molar-refractivity contribution in [3.63, 3.8) is 0 Å². The van der Waals surface area contributed by atoms with Crippen LogP contribution in [0.1, 0.15) is 18.2 Å². The van der Waals surface area contributed by atoms with E-state index in [9.17, 15) is 16.8 Å². The van der Waals surface area contributed by atoms with Gasteiger partial charge in [0.05, 0.1) is 5.25 Å². The molecule has 1 aromatic rings. The zero-order valence-corrected chi connectivity index (χ0v) is 13.3. The van der Waals surface area contributed by atoms with Crippen LogP contribution in [0, 0.1) is 0 Å². The highest BCUT2D eigenvalue weighted by atomic mass is 32.2. The quantitative estimate of drug-likeness (QED) is 0.832. The Morgan fingerprint density at radius 1 is 1.32 bits per heavy atom. The van der Waals surface area contributed by atoms with Gasteiger partial charge in [-0.05, 0) is 25.0 Å². The van der Waals surface area contributed by atoms with E-state index in [1.54, 1.807) is 6.07 Å². The fourth-order valence-corrected chi connectivity index (χ4v) is 6.11. The van der Waals surface area contributed by atoms with Crippen LogP contribution < -0.4 is 0 Å². The van der Waals surface area contributed by atoms with E-state index in [-0.39, 0.29) is 13.1 Å². The average molecular weight is 323 g/mol. The van der Waals surface area contributed by atoms with Crippen molar-refractivity contribution in [3.05, 3.63) is 17.0 Å². The molecule has 8 heteroatoms. The van der Waals surface area contributed by atoms with Crippen LogP contribution in [0.5, 0.6) is 0 Å². The Kier molecular flexibility index (Phi) is 4.06. The van der Waals surface area contributed by atoms with Crippen molar-refractivity contribution < 1.29 is 16.8 Å². The zero-order chi connectivity index (χ0) is 14.3. The molecule has 0 amide bonds. The summed E-state index contributed by atoms with van der Waals surface area (Å²) in [7, 11) is -6.71. The molecule has 2 heterocycles. The van der Waals surface area contributed by atoms with E-state index >= 15 is 0 Å². The molecule has 0 spiro atoms. The van der Waals surface area contributed by atoms with Crippen LogP contribution >= 0.6 is 11.3 Å². The Hall–Kier alpha value is -0.440. The summed E-state index contributed by atoms with van der Waals surface area (Å²) >= 11 is 1.26. The summed E-state index contributed by atoms with van der Waals surface area (Å²) in [6.07, 6.45) is 2.34. The lowest BCUT2D eigenvalue weighted by molar-refractivity contribution is 0.478. The lowest BCUT2D eigenvalue weighted by atomic mass is 10.4. The van der Waals surface area contributed by atoms with Gasteiger partial charge in [-0.1, -0.05) is 6.92 Å².